The van der Waals surface area contributed by atoms with E-state index < -0.39 is 0 Å². The van der Waals surface area contributed by atoms with Crippen molar-refractivity contribution in [1.29, 1.82) is 0 Å². The first-order valence-corrected chi connectivity index (χ1v) is 7.21. The van der Waals surface area contributed by atoms with Crippen molar-refractivity contribution in [2.75, 3.05) is 33.2 Å². The van der Waals surface area contributed by atoms with Crippen LogP contribution >= 0.6 is 0 Å². The Morgan fingerprint density at radius 3 is 2.58 bits per heavy atom. The van der Waals surface area contributed by atoms with E-state index in [1.807, 2.05) is 17.9 Å². The number of hydrogen-bond acceptors (Lipinski definition) is 4. The predicted molar refractivity (Wildman–Crippen MR) is 77.8 cm³/mol. The van der Waals surface area contributed by atoms with E-state index >= 15 is 0 Å². The van der Waals surface area contributed by atoms with E-state index in [9.17, 15) is 0 Å². The summed E-state index contributed by atoms with van der Waals surface area (Å²) in [6.45, 7) is 7.36. The summed E-state index contributed by atoms with van der Waals surface area (Å²) in [5.74, 6) is 0. The molecular weight excluding hydrogens is 238 g/mol. The fourth-order valence-corrected chi connectivity index (χ4v) is 3.02. The number of aromatic nitrogens is 2. The molecule has 2 rings (SSSR count). The smallest absolute Gasteiger partial charge is 0.0534 e. The minimum atomic E-state index is 0.154. The average molecular weight is 265 g/mol. The predicted octanol–water partition coefficient (Wildman–Crippen LogP) is 0.665. The summed E-state index contributed by atoms with van der Waals surface area (Å²) < 4.78 is 1.86. The number of nitrogens with zero attached hydrogens (tertiary/aromatic N) is 4. The second kappa shape index (κ2) is 6.03. The Labute approximate surface area is 116 Å². The van der Waals surface area contributed by atoms with Crippen LogP contribution in [-0.4, -0.2) is 58.3 Å². The molecule has 2 N–H and O–H groups in total. The van der Waals surface area contributed by atoms with Gasteiger partial charge in [0.05, 0.1) is 6.20 Å². The van der Waals surface area contributed by atoms with Crippen LogP contribution in [-0.2, 0) is 13.6 Å². The van der Waals surface area contributed by atoms with Gasteiger partial charge in [0.1, 0.15) is 0 Å². The molecule has 19 heavy (non-hydrogen) atoms. The Morgan fingerprint density at radius 2 is 2.11 bits per heavy atom. The maximum absolute atomic E-state index is 6.10. The fourth-order valence-electron chi connectivity index (χ4n) is 3.02. The van der Waals surface area contributed by atoms with Crippen LogP contribution in [0.5, 0.6) is 0 Å². The average Bonchev–Trinajstić information content (AvgIpc) is 2.84. The van der Waals surface area contributed by atoms with E-state index in [1.165, 1.54) is 5.56 Å². The summed E-state index contributed by atoms with van der Waals surface area (Å²) in [5.41, 5.74) is 7.52. The number of hydrogen-bond donors (Lipinski definition) is 1. The third-order valence-corrected chi connectivity index (χ3v) is 4.60. The van der Waals surface area contributed by atoms with E-state index in [0.29, 0.717) is 0 Å². The van der Waals surface area contributed by atoms with E-state index in [-0.39, 0.29) is 5.54 Å². The second-order valence-corrected chi connectivity index (χ2v) is 5.74. The van der Waals surface area contributed by atoms with E-state index in [2.05, 4.69) is 35.1 Å². The van der Waals surface area contributed by atoms with Crippen LogP contribution in [0.2, 0.25) is 0 Å². The molecule has 0 unspecified atom stereocenters. The number of likely N-dealkylation sites (tertiary alicyclic amines) is 1. The molecule has 1 aliphatic rings. The van der Waals surface area contributed by atoms with Crippen molar-refractivity contribution >= 4 is 0 Å². The van der Waals surface area contributed by atoms with Gasteiger partial charge in [0.15, 0.2) is 0 Å². The Hall–Kier alpha value is -0.910. The standard InChI is InChI=1S/C14H27N5/c1-4-19-7-5-14(12-15,6-8-19)17(2)10-13-9-16-18(3)11-13/h9,11H,4-8,10,12,15H2,1-3H3. The summed E-state index contributed by atoms with van der Waals surface area (Å²) in [5, 5.41) is 4.24. The van der Waals surface area contributed by atoms with Crippen molar-refractivity contribution in [3.63, 3.8) is 0 Å². The van der Waals surface area contributed by atoms with Crippen LogP contribution in [0.4, 0.5) is 0 Å². The highest BCUT2D eigenvalue weighted by Gasteiger charge is 2.36. The number of nitrogens with two attached hydrogens (primary N) is 1. The lowest BCUT2D eigenvalue weighted by atomic mass is 9.85. The summed E-state index contributed by atoms with van der Waals surface area (Å²) in [6.07, 6.45) is 6.35. The minimum Gasteiger partial charge on any atom is -0.329 e. The number of likely N-dealkylation sites (N-methyl/N-ethyl adjacent to an activating group) is 1. The quantitative estimate of drug-likeness (QED) is 0.850. The zero-order valence-corrected chi connectivity index (χ0v) is 12.5. The Bertz CT molecular complexity index is 392. The van der Waals surface area contributed by atoms with Crippen molar-refractivity contribution in [2.45, 2.75) is 31.8 Å². The molecule has 2 heterocycles. The summed E-state index contributed by atoms with van der Waals surface area (Å²) in [7, 11) is 4.16. The normalized spacial score (nSPS) is 20.1. The van der Waals surface area contributed by atoms with E-state index in [0.717, 1.165) is 45.6 Å². The first-order chi connectivity index (χ1) is 9.09. The highest BCUT2D eigenvalue weighted by Crippen LogP contribution is 2.28. The van der Waals surface area contributed by atoms with Crippen molar-refractivity contribution in [2.24, 2.45) is 12.8 Å². The molecule has 0 aliphatic carbocycles. The SMILES string of the molecule is CCN1CCC(CN)(N(C)Cc2cnn(C)c2)CC1. The highest BCUT2D eigenvalue weighted by molar-refractivity contribution is 5.06. The molecule has 0 radical (unpaired) electrons. The summed E-state index contributed by atoms with van der Waals surface area (Å²) >= 11 is 0. The Morgan fingerprint density at radius 1 is 1.42 bits per heavy atom. The second-order valence-electron chi connectivity index (χ2n) is 5.74. The topological polar surface area (TPSA) is 50.3 Å². The summed E-state index contributed by atoms with van der Waals surface area (Å²) in [4.78, 5) is 4.93. The van der Waals surface area contributed by atoms with Gasteiger partial charge in [-0.3, -0.25) is 9.58 Å². The van der Waals surface area contributed by atoms with Gasteiger partial charge >= 0.3 is 0 Å². The molecule has 0 saturated carbocycles. The lowest BCUT2D eigenvalue weighted by Gasteiger charge is -2.46. The summed E-state index contributed by atoms with van der Waals surface area (Å²) in [6, 6.07) is 0. The van der Waals surface area contributed by atoms with Gasteiger partial charge < -0.3 is 10.6 Å². The van der Waals surface area contributed by atoms with Crippen molar-refractivity contribution in [1.82, 2.24) is 19.6 Å². The third kappa shape index (κ3) is 3.16. The Balaban J connectivity index is 2.00. The largest absolute Gasteiger partial charge is 0.329 e. The molecule has 1 fully saturated rings. The van der Waals surface area contributed by atoms with Crippen LogP contribution < -0.4 is 5.73 Å². The van der Waals surface area contributed by atoms with Gasteiger partial charge in [-0.15, -0.1) is 0 Å². The number of piperidine rings is 1. The molecule has 108 valence electrons. The van der Waals surface area contributed by atoms with Gasteiger partial charge in [0.2, 0.25) is 0 Å². The molecule has 0 amide bonds. The molecule has 1 aliphatic heterocycles. The maximum atomic E-state index is 6.10. The maximum Gasteiger partial charge on any atom is 0.0534 e. The Kier molecular flexibility index (Phi) is 4.60. The zero-order valence-electron chi connectivity index (χ0n) is 12.5. The van der Waals surface area contributed by atoms with Gasteiger partial charge in [-0.1, -0.05) is 6.92 Å². The molecular formula is C14H27N5. The van der Waals surface area contributed by atoms with Crippen molar-refractivity contribution in [3.05, 3.63) is 18.0 Å². The molecule has 0 bridgehead atoms. The molecule has 1 aromatic heterocycles. The highest BCUT2D eigenvalue weighted by atomic mass is 15.3. The van der Waals surface area contributed by atoms with E-state index in [4.69, 9.17) is 5.73 Å². The zero-order chi connectivity index (χ0) is 13.9. The molecule has 1 aromatic rings. The lowest BCUT2D eigenvalue weighted by molar-refractivity contribution is 0.0418. The molecule has 5 nitrogen and oxygen atoms in total. The molecule has 1 saturated heterocycles. The van der Waals surface area contributed by atoms with Crippen molar-refractivity contribution < 1.29 is 0 Å². The molecule has 0 spiro atoms. The first-order valence-electron chi connectivity index (χ1n) is 7.21. The van der Waals surface area contributed by atoms with Gasteiger partial charge in [-0.25, -0.2) is 0 Å². The van der Waals surface area contributed by atoms with Gasteiger partial charge in [-0.2, -0.15) is 5.10 Å². The van der Waals surface area contributed by atoms with Crippen LogP contribution in [0.1, 0.15) is 25.3 Å². The molecule has 0 atom stereocenters. The first kappa shape index (κ1) is 14.5. The molecule has 0 aromatic carbocycles. The van der Waals surface area contributed by atoms with Gasteiger partial charge in [0, 0.05) is 37.4 Å². The van der Waals surface area contributed by atoms with Crippen molar-refractivity contribution in [3.8, 4) is 0 Å². The lowest BCUT2D eigenvalue weighted by Crippen LogP contribution is -2.57. The van der Waals surface area contributed by atoms with Crippen LogP contribution in [0.15, 0.2) is 12.4 Å². The van der Waals surface area contributed by atoms with Gasteiger partial charge in [0.25, 0.3) is 0 Å². The number of aryl methyl sites for hydroxylation is 1. The van der Waals surface area contributed by atoms with Crippen LogP contribution in [0.3, 0.4) is 0 Å². The fraction of sp³-hybridized carbons (Fsp3) is 0.786. The van der Waals surface area contributed by atoms with Gasteiger partial charge in [-0.05, 0) is 39.5 Å². The monoisotopic (exact) mass is 265 g/mol. The number of rotatable bonds is 5. The van der Waals surface area contributed by atoms with E-state index in [1.54, 1.807) is 0 Å². The minimum absolute atomic E-state index is 0.154. The molecule has 5 heteroatoms. The third-order valence-electron chi connectivity index (χ3n) is 4.60. The van der Waals surface area contributed by atoms with Crippen LogP contribution in [0, 0.1) is 0 Å². The van der Waals surface area contributed by atoms with Crippen LogP contribution in [0.25, 0.3) is 0 Å².